The van der Waals surface area contributed by atoms with Crippen molar-refractivity contribution in [1.82, 2.24) is 0 Å². The molecule has 80 valence electrons. The Balaban J connectivity index is 0.00000225. The van der Waals surface area contributed by atoms with Crippen LogP contribution in [0.5, 0.6) is 0 Å². The van der Waals surface area contributed by atoms with Crippen LogP contribution in [0.25, 0.3) is 6.08 Å². The van der Waals surface area contributed by atoms with Crippen LogP contribution in [0, 0.1) is 12.3 Å². The van der Waals surface area contributed by atoms with Crippen LogP contribution < -0.4 is 51.4 Å². The number of hydrogen-bond acceptors (Lipinski definition) is 2. The Kier molecular flexibility index (Phi) is 9.80. The zero-order chi connectivity index (χ0) is 11.1. The Morgan fingerprint density at radius 3 is 2.81 bits per heavy atom. The van der Waals surface area contributed by atoms with Crippen LogP contribution in [-0.2, 0) is 0 Å². The van der Waals surface area contributed by atoms with E-state index in [-0.39, 0.29) is 51.4 Å². The van der Waals surface area contributed by atoms with Crippen LogP contribution in [-0.4, -0.2) is 6.21 Å². The van der Waals surface area contributed by atoms with Crippen molar-refractivity contribution in [2.45, 2.75) is 26.7 Å². The molecule has 0 fully saturated rings. The Bertz CT molecular complexity index is 377. The quantitative estimate of drug-likeness (QED) is 0.356. The summed E-state index contributed by atoms with van der Waals surface area (Å²) >= 11 is 1.73. The average Bonchev–Trinajstić information content (AvgIpc) is 2.63. The van der Waals surface area contributed by atoms with E-state index in [2.05, 4.69) is 37.6 Å². The van der Waals surface area contributed by atoms with Crippen molar-refractivity contribution in [2.75, 3.05) is 0 Å². The van der Waals surface area contributed by atoms with Gasteiger partial charge in [0.15, 0.2) is 0 Å². The first-order chi connectivity index (χ1) is 7.27. The minimum absolute atomic E-state index is 0. The maximum Gasteiger partial charge on any atom is 1.00 e. The van der Waals surface area contributed by atoms with E-state index in [4.69, 9.17) is 5.41 Å². The summed E-state index contributed by atoms with van der Waals surface area (Å²) in [5, 5.41) is 9.27. The predicted octanol–water partition coefficient (Wildman–Crippen LogP) is 1.33. The summed E-state index contributed by atoms with van der Waals surface area (Å²) in [5.41, 5.74) is 2.03. The van der Waals surface area contributed by atoms with Gasteiger partial charge in [0.2, 0.25) is 0 Å². The van der Waals surface area contributed by atoms with Crippen molar-refractivity contribution < 1.29 is 51.4 Å². The smallest absolute Gasteiger partial charge is 0.376 e. The van der Waals surface area contributed by atoms with E-state index in [9.17, 15) is 0 Å². The third kappa shape index (κ3) is 5.71. The second-order valence-electron chi connectivity index (χ2n) is 3.35. The number of thiophene rings is 1. The van der Waals surface area contributed by atoms with Crippen molar-refractivity contribution in [3.8, 4) is 0 Å². The van der Waals surface area contributed by atoms with Crippen molar-refractivity contribution in [3.63, 3.8) is 0 Å². The molecule has 16 heavy (non-hydrogen) atoms. The van der Waals surface area contributed by atoms with Crippen LogP contribution in [0.4, 0.5) is 0 Å². The fourth-order valence-electron chi connectivity index (χ4n) is 1.21. The number of hydrogen-bond donors (Lipinski definition) is 1. The van der Waals surface area contributed by atoms with Crippen molar-refractivity contribution in [2.24, 2.45) is 0 Å². The SMILES string of the molecule is CCC/C=C/C([C-]=N)=C\c1ccsc1C.[K+]. The van der Waals surface area contributed by atoms with Gasteiger partial charge in [-0.15, -0.1) is 17.4 Å². The summed E-state index contributed by atoms with van der Waals surface area (Å²) in [4.78, 5) is 1.28. The monoisotopic (exact) mass is 257 g/mol. The molecule has 0 saturated carbocycles. The van der Waals surface area contributed by atoms with Crippen LogP contribution in [0.1, 0.15) is 30.2 Å². The van der Waals surface area contributed by atoms with E-state index in [0.717, 1.165) is 18.4 Å². The van der Waals surface area contributed by atoms with Gasteiger partial charge in [0.25, 0.3) is 0 Å². The number of nitrogens with one attached hydrogen (secondary N) is 1. The van der Waals surface area contributed by atoms with E-state index in [1.807, 2.05) is 12.2 Å². The summed E-state index contributed by atoms with van der Waals surface area (Å²) in [6.45, 7) is 4.23. The van der Waals surface area contributed by atoms with Gasteiger partial charge in [0.1, 0.15) is 0 Å². The van der Waals surface area contributed by atoms with Gasteiger partial charge in [0.05, 0.1) is 0 Å². The molecule has 0 aliphatic heterocycles. The van der Waals surface area contributed by atoms with Crippen LogP contribution in [0.3, 0.4) is 0 Å². The molecule has 1 rings (SSSR count). The fraction of sp³-hybridized carbons (Fsp3) is 0.308. The Hall–Kier alpha value is 0.486. The summed E-state index contributed by atoms with van der Waals surface area (Å²) < 4.78 is 0. The molecule has 0 aliphatic carbocycles. The van der Waals surface area contributed by atoms with Crippen molar-refractivity contribution >= 4 is 23.6 Å². The van der Waals surface area contributed by atoms with Crippen LogP contribution in [0.2, 0.25) is 0 Å². The molecule has 1 nitrogen and oxygen atoms in total. The molecule has 0 bridgehead atoms. The molecular formula is C13H16KNS. The molecule has 1 heterocycles. The number of unbranched alkanes of at least 4 members (excludes halogenated alkanes) is 1. The molecule has 0 aromatic carbocycles. The molecule has 0 atom stereocenters. The van der Waals surface area contributed by atoms with Crippen molar-refractivity contribution in [3.05, 3.63) is 39.6 Å². The summed E-state index contributed by atoms with van der Waals surface area (Å²) in [5.74, 6) is 0. The van der Waals surface area contributed by atoms with Gasteiger partial charge in [-0.2, -0.15) is 17.7 Å². The maximum absolute atomic E-state index is 7.20. The summed E-state index contributed by atoms with van der Waals surface area (Å²) in [6.07, 6.45) is 10.7. The van der Waals surface area contributed by atoms with Gasteiger partial charge in [-0.05, 0) is 23.6 Å². The Labute approximate surface area is 145 Å². The first-order valence-electron chi connectivity index (χ1n) is 5.13. The normalized spacial score (nSPS) is 11.5. The van der Waals surface area contributed by atoms with Gasteiger partial charge < -0.3 is 5.41 Å². The molecule has 0 amide bonds. The number of aryl methyl sites for hydroxylation is 1. The van der Waals surface area contributed by atoms with E-state index in [1.165, 1.54) is 10.4 Å². The van der Waals surface area contributed by atoms with Crippen LogP contribution >= 0.6 is 11.3 Å². The van der Waals surface area contributed by atoms with Crippen molar-refractivity contribution in [1.29, 1.82) is 5.41 Å². The Morgan fingerprint density at radius 2 is 2.31 bits per heavy atom. The van der Waals surface area contributed by atoms with Gasteiger partial charge in [-0.25, -0.2) is 0 Å². The number of rotatable bonds is 5. The first kappa shape index (κ1) is 16.5. The van der Waals surface area contributed by atoms with Crippen LogP contribution in [0.15, 0.2) is 29.2 Å². The molecule has 0 saturated heterocycles. The minimum Gasteiger partial charge on any atom is -0.376 e. The molecule has 1 aromatic heterocycles. The van der Waals surface area contributed by atoms with Gasteiger partial charge in [0, 0.05) is 0 Å². The largest absolute Gasteiger partial charge is 1.00 e. The topological polar surface area (TPSA) is 23.9 Å². The minimum atomic E-state index is 0. The molecular weight excluding hydrogens is 241 g/mol. The standard InChI is InChI=1S/C13H16NS.K/c1-3-4-5-6-12(10-14)9-13-7-8-15-11(13)2;/h5-9,14H,3-4H2,1-2H3;/q-1;+1/b6-5+,12-9+;. The molecule has 1 N–H and O–H groups in total. The first-order valence-corrected chi connectivity index (χ1v) is 6.01. The molecule has 1 aromatic rings. The molecule has 3 heteroatoms. The molecule has 0 radical (unpaired) electrons. The fourth-order valence-corrected chi connectivity index (χ4v) is 1.90. The maximum atomic E-state index is 7.20. The summed E-state index contributed by atoms with van der Waals surface area (Å²) in [7, 11) is 0. The second kappa shape index (κ2) is 9.51. The van der Waals surface area contributed by atoms with E-state index in [1.54, 1.807) is 11.3 Å². The zero-order valence-electron chi connectivity index (χ0n) is 10.2. The predicted molar refractivity (Wildman–Crippen MR) is 68.8 cm³/mol. The average molecular weight is 257 g/mol. The number of allylic oxidation sites excluding steroid dienone is 3. The van der Waals surface area contributed by atoms with Gasteiger partial charge >= 0.3 is 51.4 Å². The van der Waals surface area contributed by atoms with Gasteiger partial charge in [-0.3, -0.25) is 0 Å². The van der Waals surface area contributed by atoms with Gasteiger partial charge in [-0.1, -0.05) is 31.2 Å². The second-order valence-corrected chi connectivity index (χ2v) is 4.47. The summed E-state index contributed by atoms with van der Waals surface area (Å²) in [6, 6.07) is 2.07. The molecule has 0 aliphatic rings. The Morgan fingerprint density at radius 1 is 1.56 bits per heavy atom. The third-order valence-electron chi connectivity index (χ3n) is 2.11. The molecule has 0 unspecified atom stereocenters. The molecule has 0 spiro atoms. The van der Waals surface area contributed by atoms with E-state index in [0.29, 0.717) is 0 Å². The van der Waals surface area contributed by atoms with E-state index >= 15 is 0 Å². The zero-order valence-corrected chi connectivity index (χ0v) is 14.1. The van der Waals surface area contributed by atoms with E-state index < -0.39 is 0 Å². The third-order valence-corrected chi connectivity index (χ3v) is 2.97.